The van der Waals surface area contributed by atoms with Gasteiger partial charge in [-0.1, -0.05) is 6.92 Å². The van der Waals surface area contributed by atoms with Gasteiger partial charge in [-0.05, 0) is 6.42 Å². The quantitative estimate of drug-likeness (QED) is 0.363. The molecule has 0 aliphatic rings. The number of nitrogens with one attached hydrogen (secondary N) is 2. The summed E-state index contributed by atoms with van der Waals surface area (Å²) in [6.45, 7) is 2.41. The Morgan fingerprint density at radius 2 is 2.00 bits per heavy atom. The molecule has 0 saturated heterocycles. The molecule has 6 heteroatoms. The van der Waals surface area contributed by atoms with Gasteiger partial charge in [-0.15, -0.1) is 0 Å². The number of rotatable bonds is 9. The molecule has 0 aromatic rings. The summed E-state index contributed by atoms with van der Waals surface area (Å²) >= 11 is 0. The lowest BCUT2D eigenvalue weighted by atomic mass is 9.98. The average molecular weight is 234 g/mol. The maximum atomic E-state index is 11.3. The molecule has 0 aliphatic heterocycles. The summed E-state index contributed by atoms with van der Waals surface area (Å²) in [5.74, 6) is -0.184. The van der Waals surface area contributed by atoms with Crippen LogP contribution in [0.2, 0.25) is 0 Å². The molecule has 0 aliphatic carbocycles. The molecule has 0 spiro atoms. The van der Waals surface area contributed by atoms with Crippen LogP contribution in [0.15, 0.2) is 0 Å². The average Bonchev–Trinajstić information content (AvgIpc) is 2.32. The number of methoxy groups -OCH3 is 1. The molecule has 0 fully saturated rings. The topological polar surface area (TPSA) is 90.8 Å². The van der Waals surface area contributed by atoms with E-state index in [9.17, 15) is 4.79 Å². The summed E-state index contributed by atoms with van der Waals surface area (Å²) in [7, 11) is 1.56. The second-order valence-electron chi connectivity index (χ2n) is 3.65. The predicted octanol–water partition coefficient (Wildman–Crippen LogP) is -1.53. The first kappa shape index (κ1) is 15.3. The van der Waals surface area contributed by atoms with Crippen molar-refractivity contribution < 1.29 is 19.7 Å². The third-order valence-corrected chi connectivity index (χ3v) is 2.53. The highest BCUT2D eigenvalue weighted by molar-refractivity contribution is 5.78. The molecular formula is C10H22N2O4. The molecule has 0 aromatic heterocycles. The second-order valence-corrected chi connectivity index (χ2v) is 3.65. The summed E-state index contributed by atoms with van der Waals surface area (Å²) in [5.41, 5.74) is -0.779. The van der Waals surface area contributed by atoms with Crippen LogP contribution in [0.3, 0.4) is 0 Å². The van der Waals surface area contributed by atoms with Crippen molar-refractivity contribution in [2.24, 2.45) is 0 Å². The van der Waals surface area contributed by atoms with Crippen molar-refractivity contribution in [2.75, 3.05) is 40.0 Å². The standard InChI is InChI=1S/C10H22N2O4/c1-3-10(7-13,8-14)12-6-9(15)11-4-5-16-2/h12-14H,3-8H2,1-2H3,(H,11,15). The van der Waals surface area contributed by atoms with Crippen molar-refractivity contribution in [2.45, 2.75) is 18.9 Å². The molecule has 0 heterocycles. The maximum Gasteiger partial charge on any atom is 0.234 e. The highest BCUT2D eigenvalue weighted by Gasteiger charge is 2.26. The summed E-state index contributed by atoms with van der Waals surface area (Å²) < 4.78 is 4.79. The molecule has 96 valence electrons. The van der Waals surface area contributed by atoms with Crippen LogP contribution in [-0.2, 0) is 9.53 Å². The molecule has 0 aromatic carbocycles. The highest BCUT2D eigenvalue weighted by Crippen LogP contribution is 2.07. The first-order chi connectivity index (χ1) is 7.64. The largest absolute Gasteiger partial charge is 0.394 e. The van der Waals surface area contributed by atoms with Gasteiger partial charge in [0.25, 0.3) is 0 Å². The fraction of sp³-hybridized carbons (Fsp3) is 0.900. The number of hydrogen-bond acceptors (Lipinski definition) is 5. The van der Waals surface area contributed by atoms with Gasteiger partial charge < -0.3 is 20.3 Å². The third kappa shape index (κ3) is 5.41. The molecule has 0 atom stereocenters. The molecule has 0 rings (SSSR count). The van der Waals surface area contributed by atoms with Crippen molar-refractivity contribution in [3.63, 3.8) is 0 Å². The summed E-state index contributed by atoms with van der Waals surface area (Å²) in [5, 5.41) is 23.8. The minimum atomic E-state index is -0.779. The van der Waals surface area contributed by atoms with E-state index < -0.39 is 5.54 Å². The van der Waals surface area contributed by atoms with Crippen LogP contribution < -0.4 is 10.6 Å². The number of amides is 1. The highest BCUT2D eigenvalue weighted by atomic mass is 16.5. The second kappa shape index (κ2) is 8.46. The van der Waals surface area contributed by atoms with Crippen molar-refractivity contribution in [1.29, 1.82) is 0 Å². The number of hydrogen-bond donors (Lipinski definition) is 4. The van der Waals surface area contributed by atoms with E-state index in [1.54, 1.807) is 7.11 Å². The summed E-state index contributed by atoms with van der Waals surface area (Å²) in [6, 6.07) is 0. The maximum absolute atomic E-state index is 11.3. The van der Waals surface area contributed by atoms with Gasteiger partial charge in [0, 0.05) is 13.7 Å². The molecular weight excluding hydrogens is 212 g/mol. The number of aliphatic hydroxyl groups excluding tert-OH is 2. The van der Waals surface area contributed by atoms with Gasteiger partial charge in [-0.25, -0.2) is 0 Å². The molecule has 0 unspecified atom stereocenters. The Morgan fingerprint density at radius 3 is 2.44 bits per heavy atom. The van der Waals surface area contributed by atoms with Gasteiger partial charge in [0.1, 0.15) is 0 Å². The summed E-state index contributed by atoms with van der Waals surface area (Å²) in [6.07, 6.45) is 0.547. The molecule has 0 radical (unpaired) electrons. The lowest BCUT2D eigenvalue weighted by molar-refractivity contribution is -0.121. The number of carbonyl (C=O) groups excluding carboxylic acids is 1. The van der Waals surface area contributed by atoms with Crippen LogP contribution in [-0.4, -0.2) is 61.7 Å². The molecule has 0 bridgehead atoms. The molecule has 1 amide bonds. The van der Waals surface area contributed by atoms with Crippen LogP contribution in [0.1, 0.15) is 13.3 Å². The van der Waals surface area contributed by atoms with E-state index in [2.05, 4.69) is 10.6 Å². The zero-order valence-electron chi connectivity index (χ0n) is 9.95. The van der Waals surface area contributed by atoms with E-state index in [0.717, 1.165) is 0 Å². The fourth-order valence-corrected chi connectivity index (χ4v) is 1.13. The van der Waals surface area contributed by atoms with Crippen LogP contribution in [0.4, 0.5) is 0 Å². The van der Waals surface area contributed by atoms with Gasteiger partial charge >= 0.3 is 0 Å². The number of carbonyl (C=O) groups is 1. The Labute approximate surface area is 96.0 Å². The van der Waals surface area contributed by atoms with E-state index in [4.69, 9.17) is 14.9 Å². The Balaban J connectivity index is 3.87. The number of ether oxygens (including phenoxy) is 1. The van der Waals surface area contributed by atoms with Crippen molar-refractivity contribution in [3.8, 4) is 0 Å². The number of aliphatic hydroxyl groups is 2. The van der Waals surface area contributed by atoms with Gasteiger partial charge in [-0.3, -0.25) is 10.1 Å². The van der Waals surface area contributed by atoms with Crippen LogP contribution in [0.25, 0.3) is 0 Å². The van der Waals surface area contributed by atoms with E-state index >= 15 is 0 Å². The van der Waals surface area contributed by atoms with E-state index in [1.807, 2.05) is 6.92 Å². The van der Waals surface area contributed by atoms with Crippen LogP contribution in [0.5, 0.6) is 0 Å². The SMILES string of the molecule is CCC(CO)(CO)NCC(=O)NCCOC. The molecule has 16 heavy (non-hydrogen) atoms. The van der Waals surface area contributed by atoms with E-state index in [0.29, 0.717) is 19.6 Å². The molecule has 0 saturated carbocycles. The normalized spacial score (nSPS) is 11.5. The monoisotopic (exact) mass is 234 g/mol. The zero-order valence-corrected chi connectivity index (χ0v) is 9.95. The zero-order chi connectivity index (χ0) is 12.4. The first-order valence-electron chi connectivity index (χ1n) is 5.36. The third-order valence-electron chi connectivity index (χ3n) is 2.53. The minimum Gasteiger partial charge on any atom is -0.394 e. The lowest BCUT2D eigenvalue weighted by Crippen LogP contribution is -2.54. The van der Waals surface area contributed by atoms with Crippen molar-refractivity contribution in [1.82, 2.24) is 10.6 Å². The smallest absolute Gasteiger partial charge is 0.234 e. The fourth-order valence-electron chi connectivity index (χ4n) is 1.13. The summed E-state index contributed by atoms with van der Waals surface area (Å²) in [4.78, 5) is 11.3. The Bertz CT molecular complexity index is 187. The van der Waals surface area contributed by atoms with Crippen LogP contribution in [0, 0.1) is 0 Å². The predicted molar refractivity (Wildman–Crippen MR) is 60.1 cm³/mol. The Hall–Kier alpha value is -0.690. The van der Waals surface area contributed by atoms with Crippen molar-refractivity contribution in [3.05, 3.63) is 0 Å². The van der Waals surface area contributed by atoms with E-state index in [-0.39, 0.29) is 25.7 Å². The van der Waals surface area contributed by atoms with E-state index in [1.165, 1.54) is 0 Å². The van der Waals surface area contributed by atoms with Crippen LogP contribution >= 0.6 is 0 Å². The Kier molecular flexibility index (Phi) is 8.10. The Morgan fingerprint density at radius 1 is 1.38 bits per heavy atom. The molecule has 6 nitrogen and oxygen atoms in total. The van der Waals surface area contributed by atoms with Crippen molar-refractivity contribution >= 4 is 5.91 Å². The van der Waals surface area contributed by atoms with Gasteiger partial charge in [0.05, 0.1) is 31.9 Å². The first-order valence-corrected chi connectivity index (χ1v) is 5.36. The lowest BCUT2D eigenvalue weighted by Gasteiger charge is -2.29. The van der Waals surface area contributed by atoms with Gasteiger partial charge in [0.15, 0.2) is 0 Å². The van der Waals surface area contributed by atoms with Gasteiger partial charge in [-0.2, -0.15) is 0 Å². The minimum absolute atomic E-state index is 0.0681. The molecule has 4 N–H and O–H groups in total. The van der Waals surface area contributed by atoms with Gasteiger partial charge in [0.2, 0.25) is 5.91 Å².